The lowest BCUT2D eigenvalue weighted by molar-refractivity contribution is -0.138. The van der Waals surface area contributed by atoms with Gasteiger partial charge in [-0.15, -0.1) is 35.3 Å². The highest BCUT2D eigenvalue weighted by Gasteiger charge is 2.42. The lowest BCUT2D eigenvalue weighted by Gasteiger charge is -2.31. The van der Waals surface area contributed by atoms with Gasteiger partial charge in [-0.2, -0.15) is 0 Å². The van der Waals surface area contributed by atoms with Crippen molar-refractivity contribution in [1.82, 2.24) is 15.5 Å². The van der Waals surface area contributed by atoms with Crippen LogP contribution in [0.25, 0.3) is 0 Å². The van der Waals surface area contributed by atoms with Gasteiger partial charge in [-0.05, 0) is 38.8 Å². The van der Waals surface area contributed by atoms with Crippen LogP contribution in [-0.4, -0.2) is 44.0 Å². The van der Waals surface area contributed by atoms with Gasteiger partial charge >= 0.3 is 0 Å². The number of nitrogens with one attached hydrogen (secondary N) is 2. The monoisotopic (exact) mass is 478 g/mol. The highest BCUT2D eigenvalue weighted by Crippen LogP contribution is 2.38. The first-order valence-corrected chi connectivity index (χ1v) is 9.58. The Hall–Kier alpha value is -0.830. The third kappa shape index (κ3) is 6.13. The Morgan fingerprint density at radius 1 is 1.28 bits per heavy atom. The summed E-state index contributed by atoms with van der Waals surface area (Å²) in [5.41, 5.74) is -0.279. The van der Waals surface area contributed by atoms with Crippen LogP contribution in [0.5, 0.6) is 0 Å². The molecule has 1 amide bonds. The SMILES string of the molecule is CCNC(=NCc1ccc(C)s1)NCC1(C(=O)N(C)C)CCCC1.I. The van der Waals surface area contributed by atoms with E-state index in [2.05, 4.69) is 41.6 Å². The van der Waals surface area contributed by atoms with E-state index in [4.69, 9.17) is 0 Å². The van der Waals surface area contributed by atoms with Gasteiger partial charge in [0.05, 0.1) is 12.0 Å². The second-order valence-electron chi connectivity index (χ2n) is 6.75. The van der Waals surface area contributed by atoms with Crippen molar-refractivity contribution in [3.8, 4) is 0 Å². The molecule has 142 valence electrons. The van der Waals surface area contributed by atoms with Gasteiger partial charge in [-0.3, -0.25) is 4.79 Å². The van der Waals surface area contributed by atoms with Crippen molar-refractivity contribution in [3.63, 3.8) is 0 Å². The maximum atomic E-state index is 12.6. The first-order valence-electron chi connectivity index (χ1n) is 8.76. The molecule has 1 heterocycles. The van der Waals surface area contributed by atoms with E-state index in [1.165, 1.54) is 9.75 Å². The van der Waals surface area contributed by atoms with Gasteiger partial charge in [0.15, 0.2) is 5.96 Å². The summed E-state index contributed by atoms with van der Waals surface area (Å²) in [4.78, 5) is 21.6. The highest BCUT2D eigenvalue weighted by molar-refractivity contribution is 14.0. The zero-order chi connectivity index (χ0) is 17.6. The van der Waals surface area contributed by atoms with Crippen molar-refractivity contribution in [2.24, 2.45) is 10.4 Å². The minimum Gasteiger partial charge on any atom is -0.357 e. The van der Waals surface area contributed by atoms with Crippen LogP contribution < -0.4 is 10.6 Å². The zero-order valence-corrected chi connectivity index (χ0v) is 18.9. The molecule has 1 aliphatic carbocycles. The summed E-state index contributed by atoms with van der Waals surface area (Å²) in [7, 11) is 3.70. The zero-order valence-electron chi connectivity index (χ0n) is 15.7. The predicted octanol–water partition coefficient (Wildman–Crippen LogP) is 3.38. The molecule has 0 aromatic carbocycles. The van der Waals surface area contributed by atoms with Crippen LogP contribution in [0, 0.1) is 12.3 Å². The number of hydrogen-bond donors (Lipinski definition) is 2. The van der Waals surface area contributed by atoms with Crippen molar-refractivity contribution < 1.29 is 4.79 Å². The average molecular weight is 478 g/mol. The molecule has 1 fully saturated rings. The van der Waals surface area contributed by atoms with E-state index < -0.39 is 0 Å². The van der Waals surface area contributed by atoms with Crippen molar-refractivity contribution in [2.75, 3.05) is 27.2 Å². The number of aliphatic imine (C=N–C) groups is 1. The third-order valence-electron chi connectivity index (χ3n) is 4.55. The molecule has 0 radical (unpaired) electrons. The molecule has 0 spiro atoms. The molecule has 0 aliphatic heterocycles. The summed E-state index contributed by atoms with van der Waals surface area (Å²) in [6.07, 6.45) is 4.17. The summed E-state index contributed by atoms with van der Waals surface area (Å²) in [5.74, 6) is 1.03. The fourth-order valence-corrected chi connectivity index (χ4v) is 4.13. The van der Waals surface area contributed by atoms with E-state index in [-0.39, 0.29) is 35.3 Å². The quantitative estimate of drug-likeness (QED) is 0.375. The van der Waals surface area contributed by atoms with Crippen molar-refractivity contribution in [2.45, 2.75) is 46.1 Å². The normalized spacial score (nSPS) is 16.2. The van der Waals surface area contributed by atoms with E-state index in [0.29, 0.717) is 13.1 Å². The van der Waals surface area contributed by atoms with E-state index in [1.54, 1.807) is 16.2 Å². The number of hydrogen-bond acceptors (Lipinski definition) is 3. The van der Waals surface area contributed by atoms with Gasteiger partial charge < -0.3 is 15.5 Å². The van der Waals surface area contributed by atoms with Gasteiger partial charge in [-0.25, -0.2) is 4.99 Å². The lowest BCUT2D eigenvalue weighted by atomic mass is 9.84. The minimum atomic E-state index is -0.279. The number of carbonyl (C=O) groups excluding carboxylic acids is 1. The van der Waals surface area contributed by atoms with Crippen LogP contribution in [0.2, 0.25) is 0 Å². The molecule has 1 aliphatic rings. The number of aryl methyl sites for hydroxylation is 1. The first kappa shape index (κ1) is 22.2. The molecular weight excluding hydrogens is 447 g/mol. The van der Waals surface area contributed by atoms with Crippen molar-refractivity contribution >= 4 is 47.2 Å². The topological polar surface area (TPSA) is 56.7 Å². The Morgan fingerprint density at radius 3 is 2.48 bits per heavy atom. The number of rotatable bonds is 6. The van der Waals surface area contributed by atoms with Crippen LogP contribution in [-0.2, 0) is 11.3 Å². The third-order valence-corrected chi connectivity index (χ3v) is 5.53. The fraction of sp³-hybridized carbons (Fsp3) is 0.667. The minimum absolute atomic E-state index is 0. The molecule has 2 rings (SSSR count). The second kappa shape index (κ2) is 10.4. The standard InChI is InChI=1S/C18H30N4OS.HI/c1-5-19-17(20-12-15-9-8-14(2)24-15)21-13-18(10-6-7-11-18)16(23)22(3)4;/h8-9H,5-7,10-13H2,1-4H3,(H2,19,20,21);1H. The van der Waals surface area contributed by atoms with Gasteiger partial charge in [0.1, 0.15) is 0 Å². The number of carbonyl (C=O) groups is 1. The molecule has 1 saturated carbocycles. The molecule has 1 aromatic heterocycles. The Kier molecular flexibility index (Phi) is 9.20. The molecule has 25 heavy (non-hydrogen) atoms. The molecule has 0 atom stereocenters. The maximum absolute atomic E-state index is 12.6. The fourth-order valence-electron chi connectivity index (χ4n) is 3.31. The Labute approximate surface area is 172 Å². The van der Waals surface area contributed by atoms with Gasteiger partial charge in [0.25, 0.3) is 0 Å². The van der Waals surface area contributed by atoms with Crippen molar-refractivity contribution in [3.05, 3.63) is 21.9 Å². The van der Waals surface area contributed by atoms with Crippen LogP contribution in [0.15, 0.2) is 17.1 Å². The van der Waals surface area contributed by atoms with Crippen molar-refractivity contribution in [1.29, 1.82) is 0 Å². The molecular formula is C18H31IN4OS. The summed E-state index contributed by atoms with van der Waals surface area (Å²) in [5, 5.41) is 6.70. The first-order chi connectivity index (χ1) is 11.5. The van der Waals surface area contributed by atoms with Crippen LogP contribution in [0.1, 0.15) is 42.4 Å². The lowest BCUT2D eigenvalue weighted by Crippen LogP contribution is -2.49. The largest absolute Gasteiger partial charge is 0.357 e. The van der Waals surface area contributed by atoms with Gasteiger partial charge in [-0.1, -0.05) is 12.8 Å². The Morgan fingerprint density at radius 2 is 1.96 bits per heavy atom. The van der Waals surface area contributed by atoms with Crippen LogP contribution >= 0.6 is 35.3 Å². The summed E-state index contributed by atoms with van der Waals surface area (Å²) >= 11 is 1.78. The van der Waals surface area contributed by atoms with E-state index in [9.17, 15) is 4.79 Å². The molecule has 0 unspecified atom stereocenters. The number of thiophene rings is 1. The number of halogens is 1. The molecule has 1 aromatic rings. The predicted molar refractivity (Wildman–Crippen MR) is 117 cm³/mol. The number of amides is 1. The summed E-state index contributed by atoms with van der Waals surface area (Å²) < 4.78 is 0. The summed E-state index contributed by atoms with van der Waals surface area (Å²) in [6, 6.07) is 4.25. The van der Waals surface area contributed by atoms with Gasteiger partial charge in [0.2, 0.25) is 5.91 Å². The Balaban J connectivity index is 0.00000312. The number of guanidine groups is 1. The molecule has 2 N–H and O–H groups in total. The van der Waals surface area contributed by atoms with Crippen LogP contribution in [0.4, 0.5) is 0 Å². The highest BCUT2D eigenvalue weighted by atomic mass is 127. The van der Waals surface area contributed by atoms with Gasteiger partial charge in [0, 0.05) is 36.9 Å². The van der Waals surface area contributed by atoms with E-state index in [0.717, 1.165) is 38.2 Å². The molecule has 5 nitrogen and oxygen atoms in total. The Bertz CT molecular complexity index is 579. The summed E-state index contributed by atoms with van der Waals surface area (Å²) in [6.45, 7) is 6.30. The maximum Gasteiger partial charge on any atom is 0.230 e. The average Bonchev–Trinajstić information content (AvgIpc) is 3.19. The van der Waals surface area contributed by atoms with Crippen LogP contribution in [0.3, 0.4) is 0 Å². The number of nitrogens with zero attached hydrogens (tertiary/aromatic N) is 2. The smallest absolute Gasteiger partial charge is 0.230 e. The van der Waals surface area contributed by atoms with E-state index >= 15 is 0 Å². The van der Waals surface area contributed by atoms with E-state index in [1.807, 2.05) is 14.1 Å². The molecule has 0 bridgehead atoms. The molecule has 7 heteroatoms. The second-order valence-corrected chi connectivity index (χ2v) is 8.12. The molecule has 0 saturated heterocycles.